The van der Waals surface area contributed by atoms with Crippen molar-refractivity contribution < 1.29 is 19.0 Å². The molecule has 4 nitrogen and oxygen atoms in total. The van der Waals surface area contributed by atoms with Gasteiger partial charge in [0.2, 0.25) is 0 Å². The Kier molecular flexibility index (Phi) is 6.50. The number of hydrogen-bond acceptors (Lipinski definition) is 4. The fourth-order valence-corrected chi connectivity index (χ4v) is 1.74. The minimum absolute atomic E-state index is 0.395. The van der Waals surface area contributed by atoms with Crippen molar-refractivity contribution >= 4 is 17.6 Å². The van der Waals surface area contributed by atoms with Gasteiger partial charge in [-0.3, -0.25) is 4.79 Å². The monoisotopic (exact) mass is 286 g/mol. The molecule has 0 aliphatic rings. The summed E-state index contributed by atoms with van der Waals surface area (Å²) in [6.45, 7) is 2.42. The lowest BCUT2D eigenvalue weighted by Crippen LogP contribution is -2.12. The van der Waals surface area contributed by atoms with Gasteiger partial charge in [0.15, 0.2) is 16.9 Å². The quantitative estimate of drug-likeness (QED) is 0.438. The van der Waals surface area contributed by atoms with Gasteiger partial charge < -0.3 is 14.2 Å². The molecule has 0 amide bonds. The van der Waals surface area contributed by atoms with Crippen molar-refractivity contribution in [3.63, 3.8) is 0 Å². The summed E-state index contributed by atoms with van der Waals surface area (Å²) < 4.78 is 15.4. The van der Waals surface area contributed by atoms with Crippen LogP contribution in [-0.2, 0) is 9.53 Å². The van der Waals surface area contributed by atoms with Crippen LogP contribution in [0.25, 0.3) is 0 Å². The maximum atomic E-state index is 11.7. The number of halogens is 1. The molecule has 0 saturated heterocycles. The average Bonchev–Trinajstić information content (AvgIpc) is 2.45. The summed E-state index contributed by atoms with van der Waals surface area (Å²) >= 11 is 6.09. The van der Waals surface area contributed by atoms with Gasteiger partial charge in [-0.25, -0.2) is 0 Å². The van der Waals surface area contributed by atoms with Crippen molar-refractivity contribution in [1.82, 2.24) is 0 Å². The van der Waals surface area contributed by atoms with E-state index in [1.807, 2.05) is 6.92 Å². The number of unbranched alkanes of at least 4 members (excludes halogenated alkanes) is 1. The Morgan fingerprint density at radius 1 is 1.26 bits per heavy atom. The highest BCUT2D eigenvalue weighted by molar-refractivity contribution is 6.30. The van der Waals surface area contributed by atoms with E-state index in [9.17, 15) is 4.79 Å². The molecule has 0 aliphatic heterocycles. The van der Waals surface area contributed by atoms with Crippen LogP contribution in [0.2, 0.25) is 0 Å². The predicted octanol–water partition coefficient (Wildman–Crippen LogP) is 3.33. The number of hydrogen-bond donors (Lipinski definition) is 0. The van der Waals surface area contributed by atoms with Crippen LogP contribution in [-0.4, -0.2) is 26.8 Å². The fraction of sp³-hybridized carbons (Fsp3) is 0.500. The second-order valence-electron chi connectivity index (χ2n) is 4.00. The van der Waals surface area contributed by atoms with E-state index in [-0.39, 0.29) is 0 Å². The zero-order chi connectivity index (χ0) is 14.3. The number of methoxy groups -OCH3 is 2. The van der Waals surface area contributed by atoms with Crippen molar-refractivity contribution in [2.24, 2.45) is 0 Å². The molecule has 5 heteroatoms. The third-order valence-corrected chi connectivity index (χ3v) is 3.08. The first-order valence-electron chi connectivity index (χ1n) is 6.16. The van der Waals surface area contributed by atoms with E-state index in [0.717, 1.165) is 12.8 Å². The normalized spacial score (nSPS) is 11.8. The Morgan fingerprint density at radius 2 is 1.95 bits per heavy atom. The number of carbonyl (C=O) groups excluding carboxylic acids is 1. The van der Waals surface area contributed by atoms with Crippen molar-refractivity contribution in [1.29, 1.82) is 0 Å². The van der Waals surface area contributed by atoms with Crippen LogP contribution in [0.15, 0.2) is 18.2 Å². The van der Waals surface area contributed by atoms with Crippen molar-refractivity contribution in [3.8, 4) is 11.5 Å². The van der Waals surface area contributed by atoms with E-state index in [4.69, 9.17) is 25.8 Å². The smallest absolute Gasteiger partial charge is 0.328 e. The molecular formula is C14H19ClO4. The lowest BCUT2D eigenvalue weighted by Gasteiger charge is -2.13. The third kappa shape index (κ3) is 4.31. The molecule has 0 radical (unpaired) electrons. The summed E-state index contributed by atoms with van der Waals surface area (Å²) in [5.41, 5.74) is 0.626. The highest BCUT2D eigenvalue weighted by atomic mass is 35.5. The number of esters is 1. The molecule has 106 valence electrons. The molecule has 1 aromatic rings. The Bertz CT molecular complexity index is 420. The second kappa shape index (κ2) is 7.89. The first-order valence-corrected chi connectivity index (χ1v) is 6.60. The molecule has 0 N–H and O–H groups in total. The van der Waals surface area contributed by atoms with E-state index in [1.165, 1.54) is 7.11 Å². The second-order valence-corrected chi connectivity index (χ2v) is 4.43. The van der Waals surface area contributed by atoms with Crippen LogP contribution in [0.4, 0.5) is 0 Å². The molecule has 0 bridgehead atoms. The molecule has 1 unspecified atom stereocenters. The zero-order valence-electron chi connectivity index (χ0n) is 11.4. The molecule has 19 heavy (non-hydrogen) atoms. The molecule has 1 rings (SSSR count). The SMILES string of the molecule is CCCCOC(=O)C(Cl)c1ccc(OC)c(OC)c1. The minimum atomic E-state index is -0.836. The Labute approximate surface area is 118 Å². The van der Waals surface area contributed by atoms with Gasteiger partial charge in [-0.15, -0.1) is 11.6 Å². The Hall–Kier alpha value is -1.42. The average molecular weight is 287 g/mol. The lowest BCUT2D eigenvalue weighted by molar-refractivity contribution is -0.143. The van der Waals surface area contributed by atoms with Gasteiger partial charge in [0.1, 0.15) is 0 Å². The Morgan fingerprint density at radius 3 is 2.53 bits per heavy atom. The number of carbonyl (C=O) groups is 1. The predicted molar refractivity (Wildman–Crippen MR) is 74.0 cm³/mol. The van der Waals surface area contributed by atoms with Crippen molar-refractivity contribution in [2.45, 2.75) is 25.1 Å². The van der Waals surface area contributed by atoms with Gasteiger partial charge in [-0.05, 0) is 24.1 Å². The summed E-state index contributed by atoms with van der Waals surface area (Å²) in [5.74, 6) is 0.684. The summed E-state index contributed by atoms with van der Waals surface area (Å²) in [7, 11) is 3.08. The summed E-state index contributed by atoms with van der Waals surface area (Å²) in [6, 6.07) is 5.11. The summed E-state index contributed by atoms with van der Waals surface area (Å²) in [6.07, 6.45) is 1.80. The molecule has 0 aromatic heterocycles. The van der Waals surface area contributed by atoms with Crippen molar-refractivity contribution in [2.75, 3.05) is 20.8 Å². The molecule has 1 atom stereocenters. The number of rotatable bonds is 7. The van der Waals surface area contributed by atoms with Crippen LogP contribution >= 0.6 is 11.6 Å². The van der Waals surface area contributed by atoms with E-state index < -0.39 is 11.3 Å². The third-order valence-electron chi connectivity index (χ3n) is 2.65. The van der Waals surface area contributed by atoms with Gasteiger partial charge in [0.05, 0.1) is 20.8 Å². The first-order chi connectivity index (χ1) is 9.13. The Balaban J connectivity index is 2.76. The number of benzene rings is 1. The zero-order valence-corrected chi connectivity index (χ0v) is 12.2. The van der Waals surface area contributed by atoms with E-state index in [0.29, 0.717) is 23.7 Å². The maximum Gasteiger partial charge on any atom is 0.328 e. The fourth-order valence-electron chi connectivity index (χ4n) is 1.54. The highest BCUT2D eigenvalue weighted by Gasteiger charge is 2.20. The van der Waals surface area contributed by atoms with E-state index >= 15 is 0 Å². The molecule has 0 fully saturated rings. The van der Waals surface area contributed by atoms with Gasteiger partial charge in [-0.2, -0.15) is 0 Å². The minimum Gasteiger partial charge on any atom is -0.493 e. The van der Waals surface area contributed by atoms with E-state index in [1.54, 1.807) is 25.3 Å². The van der Waals surface area contributed by atoms with Gasteiger partial charge in [0, 0.05) is 0 Å². The first kappa shape index (κ1) is 15.6. The van der Waals surface area contributed by atoms with Crippen LogP contribution in [0.5, 0.6) is 11.5 Å². The van der Waals surface area contributed by atoms with Crippen LogP contribution in [0.3, 0.4) is 0 Å². The molecule has 1 aromatic carbocycles. The summed E-state index contributed by atoms with van der Waals surface area (Å²) in [4.78, 5) is 11.7. The molecule has 0 aliphatic carbocycles. The van der Waals surface area contributed by atoms with Crippen molar-refractivity contribution in [3.05, 3.63) is 23.8 Å². The topological polar surface area (TPSA) is 44.8 Å². The van der Waals surface area contributed by atoms with Gasteiger partial charge >= 0.3 is 5.97 Å². The molecule has 0 heterocycles. The van der Waals surface area contributed by atoms with Crippen LogP contribution in [0, 0.1) is 0 Å². The standard InChI is InChI=1S/C14H19ClO4/c1-4-5-8-19-14(16)13(15)10-6-7-11(17-2)12(9-10)18-3/h6-7,9,13H,4-5,8H2,1-3H3. The largest absolute Gasteiger partial charge is 0.493 e. The number of alkyl halides is 1. The maximum absolute atomic E-state index is 11.7. The highest BCUT2D eigenvalue weighted by Crippen LogP contribution is 2.32. The van der Waals surface area contributed by atoms with Crippen LogP contribution in [0.1, 0.15) is 30.7 Å². The number of ether oxygens (including phenoxy) is 3. The van der Waals surface area contributed by atoms with Gasteiger partial charge in [0.25, 0.3) is 0 Å². The van der Waals surface area contributed by atoms with E-state index in [2.05, 4.69) is 0 Å². The van der Waals surface area contributed by atoms with Crippen LogP contribution < -0.4 is 9.47 Å². The van der Waals surface area contributed by atoms with Gasteiger partial charge in [-0.1, -0.05) is 19.4 Å². The lowest BCUT2D eigenvalue weighted by atomic mass is 10.1. The molecule has 0 saturated carbocycles. The summed E-state index contributed by atoms with van der Waals surface area (Å²) in [5, 5.41) is -0.836. The molecule has 0 spiro atoms. The molecular weight excluding hydrogens is 268 g/mol.